The van der Waals surface area contributed by atoms with Crippen LogP contribution in [0.5, 0.6) is 17.2 Å². The van der Waals surface area contributed by atoms with E-state index in [1.807, 2.05) is 0 Å². The van der Waals surface area contributed by atoms with E-state index in [1.54, 1.807) is 6.07 Å². The van der Waals surface area contributed by atoms with Crippen LogP contribution in [0.1, 0.15) is 104 Å². The van der Waals surface area contributed by atoms with Crippen molar-refractivity contribution in [2.24, 2.45) is 17.8 Å². The van der Waals surface area contributed by atoms with Gasteiger partial charge in [0.05, 0.1) is 0 Å². The van der Waals surface area contributed by atoms with Gasteiger partial charge in [-0.2, -0.15) is 0 Å². The van der Waals surface area contributed by atoms with Crippen molar-refractivity contribution in [3.05, 3.63) is 17.7 Å². The Morgan fingerprint density at radius 3 is 2.10 bits per heavy atom. The molecule has 1 aliphatic rings. The standard InChI is InChI=1S/C26H44O3/c1-19(2)9-6-10-20(3)11-7-12-21(4)13-8-15-26(5)16-14-23-24(28)17-22(27)18-25(23)29-26/h17-21,27-28H,6-16H2,1-5H3. The first-order chi connectivity index (χ1) is 13.7. The average Bonchev–Trinajstić information content (AvgIpc) is 2.60. The van der Waals surface area contributed by atoms with Gasteiger partial charge in [0.25, 0.3) is 0 Å². The van der Waals surface area contributed by atoms with Gasteiger partial charge in [0.15, 0.2) is 0 Å². The van der Waals surface area contributed by atoms with Crippen molar-refractivity contribution < 1.29 is 14.9 Å². The quantitative estimate of drug-likeness (QED) is 0.376. The second-order valence-corrected chi connectivity index (χ2v) is 10.4. The van der Waals surface area contributed by atoms with E-state index in [9.17, 15) is 10.2 Å². The summed E-state index contributed by atoms with van der Waals surface area (Å²) in [7, 11) is 0. The third kappa shape index (κ3) is 8.10. The number of phenols is 2. The van der Waals surface area contributed by atoms with E-state index in [-0.39, 0.29) is 17.1 Å². The highest BCUT2D eigenvalue weighted by atomic mass is 16.5. The lowest BCUT2D eigenvalue weighted by Gasteiger charge is -2.36. The minimum absolute atomic E-state index is 0.0672. The molecule has 2 N–H and O–H groups in total. The summed E-state index contributed by atoms with van der Waals surface area (Å²) in [6.45, 7) is 11.6. The maximum Gasteiger partial charge on any atom is 0.130 e. The highest BCUT2D eigenvalue weighted by molar-refractivity contribution is 5.50. The highest BCUT2D eigenvalue weighted by Crippen LogP contribution is 2.42. The van der Waals surface area contributed by atoms with Gasteiger partial charge in [0.2, 0.25) is 0 Å². The van der Waals surface area contributed by atoms with Crippen molar-refractivity contribution >= 4 is 0 Å². The van der Waals surface area contributed by atoms with Gasteiger partial charge in [-0.25, -0.2) is 0 Å². The molecule has 3 nitrogen and oxygen atoms in total. The molecule has 3 heteroatoms. The number of fused-ring (bicyclic) bond motifs is 1. The molecule has 1 aromatic carbocycles. The average molecular weight is 405 g/mol. The molecule has 0 saturated heterocycles. The number of aromatic hydroxyl groups is 2. The Balaban J connectivity index is 1.65. The van der Waals surface area contributed by atoms with E-state index < -0.39 is 0 Å². The first-order valence-electron chi connectivity index (χ1n) is 11.9. The molecule has 0 fully saturated rings. The van der Waals surface area contributed by atoms with Gasteiger partial charge < -0.3 is 14.9 Å². The van der Waals surface area contributed by atoms with Gasteiger partial charge in [0.1, 0.15) is 22.8 Å². The van der Waals surface area contributed by atoms with Crippen LogP contribution in [0.4, 0.5) is 0 Å². The van der Waals surface area contributed by atoms with E-state index in [0.29, 0.717) is 5.75 Å². The van der Waals surface area contributed by atoms with Gasteiger partial charge in [-0.05, 0) is 50.4 Å². The minimum Gasteiger partial charge on any atom is -0.508 e. The summed E-state index contributed by atoms with van der Waals surface area (Å²) < 4.78 is 6.21. The fourth-order valence-electron chi connectivity index (χ4n) is 4.64. The summed E-state index contributed by atoms with van der Waals surface area (Å²) in [5.41, 5.74) is 0.633. The SMILES string of the molecule is CC(C)CCCC(C)CCCC(C)CCCC1(C)CCc2c(O)cc(O)cc2O1. The Kier molecular flexibility index (Phi) is 9.17. The zero-order valence-electron chi connectivity index (χ0n) is 19.5. The van der Waals surface area contributed by atoms with Crippen LogP contribution in [0, 0.1) is 17.8 Å². The molecule has 1 heterocycles. The highest BCUT2D eigenvalue weighted by Gasteiger charge is 2.32. The van der Waals surface area contributed by atoms with Crippen molar-refractivity contribution in [1.82, 2.24) is 0 Å². The van der Waals surface area contributed by atoms with Crippen LogP contribution in [-0.4, -0.2) is 15.8 Å². The third-order valence-corrected chi connectivity index (χ3v) is 6.71. The Bertz CT molecular complexity index is 625. The number of ether oxygens (including phenoxy) is 1. The van der Waals surface area contributed by atoms with Crippen molar-refractivity contribution in [1.29, 1.82) is 0 Å². The maximum absolute atomic E-state index is 10.0. The number of rotatable bonds is 12. The molecular formula is C26H44O3. The first kappa shape index (κ1) is 23.9. The number of benzene rings is 1. The number of phenolic OH excluding ortho intramolecular Hbond substituents is 2. The summed E-state index contributed by atoms with van der Waals surface area (Å²) in [6.07, 6.45) is 13.3. The fraction of sp³-hybridized carbons (Fsp3) is 0.769. The maximum atomic E-state index is 10.0. The predicted octanol–water partition coefficient (Wildman–Crippen LogP) is 7.62. The lowest BCUT2D eigenvalue weighted by atomic mass is 9.86. The van der Waals surface area contributed by atoms with E-state index in [2.05, 4.69) is 34.6 Å². The van der Waals surface area contributed by atoms with Crippen molar-refractivity contribution in [2.75, 3.05) is 0 Å². The van der Waals surface area contributed by atoms with Crippen LogP contribution in [0.15, 0.2) is 12.1 Å². The molecule has 3 atom stereocenters. The molecular weight excluding hydrogens is 360 g/mol. The van der Waals surface area contributed by atoms with Crippen LogP contribution in [0.25, 0.3) is 0 Å². The number of hydrogen-bond acceptors (Lipinski definition) is 3. The molecule has 0 amide bonds. The van der Waals surface area contributed by atoms with E-state index in [0.717, 1.165) is 42.6 Å². The normalized spacial score (nSPS) is 20.9. The molecule has 1 aromatic rings. The zero-order chi connectivity index (χ0) is 21.4. The van der Waals surface area contributed by atoms with Crippen molar-refractivity contribution in [3.8, 4) is 17.2 Å². The second-order valence-electron chi connectivity index (χ2n) is 10.4. The zero-order valence-corrected chi connectivity index (χ0v) is 19.5. The minimum atomic E-state index is -0.197. The van der Waals surface area contributed by atoms with Gasteiger partial charge in [-0.3, -0.25) is 0 Å². The summed E-state index contributed by atoms with van der Waals surface area (Å²) in [5, 5.41) is 19.8. The van der Waals surface area contributed by atoms with Gasteiger partial charge in [-0.1, -0.05) is 72.6 Å². The molecule has 0 saturated carbocycles. The third-order valence-electron chi connectivity index (χ3n) is 6.71. The topological polar surface area (TPSA) is 49.7 Å². The Hall–Kier alpha value is -1.38. The molecule has 1 aliphatic heterocycles. The molecule has 0 bridgehead atoms. The molecule has 29 heavy (non-hydrogen) atoms. The summed E-state index contributed by atoms with van der Waals surface area (Å²) in [6, 6.07) is 3.04. The van der Waals surface area contributed by atoms with E-state index >= 15 is 0 Å². The summed E-state index contributed by atoms with van der Waals surface area (Å²) in [4.78, 5) is 0. The molecule has 166 valence electrons. The van der Waals surface area contributed by atoms with E-state index in [4.69, 9.17) is 4.74 Å². The van der Waals surface area contributed by atoms with Crippen molar-refractivity contribution in [2.45, 2.75) is 111 Å². The molecule has 0 aromatic heterocycles. The van der Waals surface area contributed by atoms with E-state index in [1.165, 1.54) is 57.4 Å². The molecule has 0 aliphatic carbocycles. The first-order valence-corrected chi connectivity index (χ1v) is 11.9. The smallest absolute Gasteiger partial charge is 0.130 e. The predicted molar refractivity (Wildman–Crippen MR) is 122 cm³/mol. The van der Waals surface area contributed by atoms with Crippen molar-refractivity contribution in [3.63, 3.8) is 0 Å². The largest absolute Gasteiger partial charge is 0.508 e. The van der Waals surface area contributed by atoms with Crippen LogP contribution >= 0.6 is 0 Å². The molecule has 0 radical (unpaired) electrons. The lowest BCUT2D eigenvalue weighted by molar-refractivity contribution is 0.0514. The lowest BCUT2D eigenvalue weighted by Crippen LogP contribution is -2.36. The Labute approximate surface area is 178 Å². The Morgan fingerprint density at radius 1 is 0.897 bits per heavy atom. The van der Waals surface area contributed by atoms with Crippen LogP contribution in [-0.2, 0) is 6.42 Å². The second kappa shape index (κ2) is 11.1. The molecule has 2 rings (SSSR count). The fourth-order valence-corrected chi connectivity index (χ4v) is 4.64. The monoisotopic (exact) mass is 404 g/mol. The van der Waals surface area contributed by atoms with Gasteiger partial charge in [0, 0.05) is 17.7 Å². The number of hydrogen-bond donors (Lipinski definition) is 2. The van der Waals surface area contributed by atoms with Gasteiger partial charge >= 0.3 is 0 Å². The van der Waals surface area contributed by atoms with Gasteiger partial charge in [-0.15, -0.1) is 0 Å². The van der Waals surface area contributed by atoms with Crippen LogP contribution in [0.3, 0.4) is 0 Å². The molecule has 3 unspecified atom stereocenters. The van der Waals surface area contributed by atoms with Crippen LogP contribution < -0.4 is 4.74 Å². The van der Waals surface area contributed by atoms with Crippen LogP contribution in [0.2, 0.25) is 0 Å². The Morgan fingerprint density at radius 2 is 1.48 bits per heavy atom. The molecule has 0 spiro atoms. The summed E-state index contributed by atoms with van der Waals surface area (Å²) in [5.74, 6) is 3.33. The summed E-state index contributed by atoms with van der Waals surface area (Å²) >= 11 is 0.